The number of hydrogen-bond acceptors (Lipinski definition) is 3. The third kappa shape index (κ3) is 3.39. The number of aromatic nitrogens is 1. The molecular formula is C15H17NO4. The number of aliphatic hydroxyl groups excluding tert-OH is 1. The number of nitrogens with zero attached hydrogens (tertiary/aromatic N) is 1. The van der Waals surface area contributed by atoms with Crippen LogP contribution in [0.15, 0.2) is 42.6 Å². The summed E-state index contributed by atoms with van der Waals surface area (Å²) in [5, 5.41) is 18.1. The summed E-state index contributed by atoms with van der Waals surface area (Å²) in [6, 6.07) is 10.8. The van der Waals surface area contributed by atoms with Gasteiger partial charge < -0.3 is 19.5 Å². The fourth-order valence-electron chi connectivity index (χ4n) is 1.98. The first kappa shape index (κ1) is 14.1. The summed E-state index contributed by atoms with van der Waals surface area (Å²) in [5.74, 6) is -0.279. The quantitative estimate of drug-likeness (QED) is 0.812. The van der Waals surface area contributed by atoms with Gasteiger partial charge in [-0.25, -0.2) is 4.79 Å². The van der Waals surface area contributed by atoms with Crippen LogP contribution in [0.5, 0.6) is 5.75 Å². The fraction of sp³-hybridized carbons (Fsp3) is 0.267. The van der Waals surface area contributed by atoms with Crippen LogP contribution in [0, 0.1) is 0 Å². The number of carboxylic acid groups (broad SMARTS) is 1. The average Bonchev–Trinajstić information content (AvgIpc) is 2.87. The standard InChI is InChI=1S/C15H17NO4/c17-10-4-8-16-9-7-13(15(18)19)14(16)11-20-12-5-2-1-3-6-12/h1-3,5-7,9,17H,4,8,10-11H2,(H,18,19). The number of aliphatic hydroxyl groups is 1. The summed E-state index contributed by atoms with van der Waals surface area (Å²) >= 11 is 0. The Morgan fingerprint density at radius 2 is 1.95 bits per heavy atom. The second-order valence-electron chi connectivity index (χ2n) is 4.35. The molecule has 106 valence electrons. The molecule has 2 rings (SSSR count). The van der Waals surface area contributed by atoms with Gasteiger partial charge in [-0.3, -0.25) is 0 Å². The van der Waals surface area contributed by atoms with Crippen molar-refractivity contribution in [2.45, 2.75) is 19.6 Å². The molecule has 0 saturated heterocycles. The number of rotatable bonds is 7. The molecule has 0 radical (unpaired) electrons. The Labute approximate surface area is 117 Å². The maximum absolute atomic E-state index is 11.2. The van der Waals surface area contributed by atoms with Crippen molar-refractivity contribution in [1.29, 1.82) is 0 Å². The van der Waals surface area contributed by atoms with Crippen LogP contribution in [0.1, 0.15) is 22.5 Å². The molecule has 1 aromatic heterocycles. The highest BCUT2D eigenvalue weighted by Gasteiger charge is 2.15. The number of hydrogen-bond donors (Lipinski definition) is 2. The predicted octanol–water partition coefficient (Wildman–Crippen LogP) is 2.15. The minimum Gasteiger partial charge on any atom is -0.487 e. The second-order valence-corrected chi connectivity index (χ2v) is 4.35. The molecule has 1 heterocycles. The first-order valence-electron chi connectivity index (χ1n) is 6.42. The Balaban J connectivity index is 2.15. The molecule has 20 heavy (non-hydrogen) atoms. The molecule has 0 spiro atoms. The van der Waals surface area contributed by atoms with Gasteiger partial charge in [0.1, 0.15) is 12.4 Å². The van der Waals surface area contributed by atoms with E-state index in [-0.39, 0.29) is 18.8 Å². The van der Waals surface area contributed by atoms with Crippen molar-refractivity contribution < 1.29 is 19.7 Å². The smallest absolute Gasteiger partial charge is 0.337 e. The van der Waals surface area contributed by atoms with Gasteiger partial charge in [0.05, 0.1) is 11.3 Å². The van der Waals surface area contributed by atoms with E-state index >= 15 is 0 Å². The van der Waals surface area contributed by atoms with Gasteiger partial charge in [-0.15, -0.1) is 0 Å². The minimum absolute atomic E-state index is 0.0690. The van der Waals surface area contributed by atoms with Crippen LogP contribution >= 0.6 is 0 Å². The van der Waals surface area contributed by atoms with Crippen molar-refractivity contribution in [3.63, 3.8) is 0 Å². The molecule has 0 aliphatic carbocycles. The zero-order valence-electron chi connectivity index (χ0n) is 11.0. The van der Waals surface area contributed by atoms with Crippen LogP contribution in [-0.4, -0.2) is 27.4 Å². The molecule has 0 atom stereocenters. The van der Waals surface area contributed by atoms with Crippen LogP contribution in [0.4, 0.5) is 0 Å². The number of benzene rings is 1. The lowest BCUT2D eigenvalue weighted by Crippen LogP contribution is -2.11. The van der Waals surface area contributed by atoms with Crippen LogP contribution in [0.2, 0.25) is 0 Å². The Bertz CT molecular complexity index is 563. The molecule has 0 aliphatic rings. The normalized spacial score (nSPS) is 10.4. The highest BCUT2D eigenvalue weighted by Crippen LogP contribution is 2.16. The van der Waals surface area contributed by atoms with Crippen molar-refractivity contribution in [3.05, 3.63) is 53.9 Å². The van der Waals surface area contributed by atoms with Crippen LogP contribution in [0.3, 0.4) is 0 Å². The molecule has 0 unspecified atom stereocenters. The van der Waals surface area contributed by atoms with Crippen molar-refractivity contribution in [1.82, 2.24) is 4.57 Å². The number of aromatic carboxylic acids is 1. The Morgan fingerprint density at radius 1 is 1.20 bits per heavy atom. The first-order chi connectivity index (χ1) is 9.72. The molecule has 0 bridgehead atoms. The zero-order chi connectivity index (χ0) is 14.4. The van der Waals surface area contributed by atoms with E-state index in [2.05, 4.69) is 0 Å². The summed E-state index contributed by atoms with van der Waals surface area (Å²) < 4.78 is 7.42. The predicted molar refractivity (Wildman–Crippen MR) is 73.9 cm³/mol. The van der Waals surface area contributed by atoms with Crippen LogP contribution in [-0.2, 0) is 13.2 Å². The topological polar surface area (TPSA) is 71.7 Å². The van der Waals surface area contributed by atoms with Crippen molar-refractivity contribution >= 4 is 5.97 Å². The second kappa shape index (κ2) is 6.77. The van der Waals surface area contributed by atoms with Gasteiger partial charge in [0.25, 0.3) is 0 Å². The molecule has 2 aromatic rings. The lowest BCUT2D eigenvalue weighted by Gasteiger charge is -2.11. The monoisotopic (exact) mass is 275 g/mol. The Hall–Kier alpha value is -2.27. The van der Waals surface area contributed by atoms with E-state index in [1.807, 2.05) is 34.9 Å². The first-order valence-corrected chi connectivity index (χ1v) is 6.42. The van der Waals surface area contributed by atoms with Gasteiger partial charge in [-0.05, 0) is 24.6 Å². The van der Waals surface area contributed by atoms with Crippen molar-refractivity contribution in [3.8, 4) is 5.75 Å². The third-order valence-corrected chi connectivity index (χ3v) is 2.99. The van der Waals surface area contributed by atoms with Gasteiger partial charge >= 0.3 is 5.97 Å². The molecule has 2 N–H and O–H groups in total. The van der Waals surface area contributed by atoms with Gasteiger partial charge in [-0.2, -0.15) is 0 Å². The van der Waals surface area contributed by atoms with Crippen molar-refractivity contribution in [2.24, 2.45) is 0 Å². The molecule has 5 nitrogen and oxygen atoms in total. The lowest BCUT2D eigenvalue weighted by atomic mass is 10.2. The number of aryl methyl sites for hydroxylation is 1. The molecule has 0 saturated carbocycles. The highest BCUT2D eigenvalue weighted by atomic mass is 16.5. The highest BCUT2D eigenvalue weighted by molar-refractivity contribution is 5.89. The minimum atomic E-state index is -0.973. The van der Waals surface area contributed by atoms with E-state index in [4.69, 9.17) is 9.84 Å². The van der Waals surface area contributed by atoms with Crippen molar-refractivity contribution in [2.75, 3.05) is 6.61 Å². The lowest BCUT2D eigenvalue weighted by molar-refractivity contribution is 0.0693. The summed E-state index contributed by atoms with van der Waals surface area (Å²) in [7, 11) is 0. The molecule has 1 aromatic carbocycles. The molecule has 0 amide bonds. The summed E-state index contributed by atoms with van der Waals surface area (Å²) in [6.07, 6.45) is 2.29. The largest absolute Gasteiger partial charge is 0.487 e. The SMILES string of the molecule is O=C(O)c1ccn(CCCO)c1COc1ccccc1. The Morgan fingerprint density at radius 3 is 2.60 bits per heavy atom. The maximum atomic E-state index is 11.2. The molecule has 5 heteroatoms. The summed E-state index contributed by atoms with van der Waals surface area (Å²) in [6.45, 7) is 0.820. The van der Waals surface area contributed by atoms with Crippen LogP contribution < -0.4 is 4.74 Å². The molecule has 0 aliphatic heterocycles. The summed E-state index contributed by atoms with van der Waals surface area (Å²) in [5.41, 5.74) is 0.841. The van der Waals surface area contributed by atoms with E-state index in [0.29, 0.717) is 24.4 Å². The number of ether oxygens (including phenoxy) is 1. The maximum Gasteiger partial charge on any atom is 0.337 e. The Kier molecular flexibility index (Phi) is 4.79. The van der Waals surface area contributed by atoms with Gasteiger partial charge in [0, 0.05) is 19.3 Å². The third-order valence-electron chi connectivity index (χ3n) is 2.99. The molecule has 0 fully saturated rings. The zero-order valence-corrected chi connectivity index (χ0v) is 11.0. The number of carboxylic acids is 1. The van der Waals surface area contributed by atoms with E-state index in [0.717, 1.165) is 0 Å². The van der Waals surface area contributed by atoms with Gasteiger partial charge in [0.15, 0.2) is 0 Å². The fourth-order valence-corrected chi connectivity index (χ4v) is 1.98. The van der Waals surface area contributed by atoms with E-state index in [9.17, 15) is 9.90 Å². The van der Waals surface area contributed by atoms with E-state index in [1.165, 1.54) is 0 Å². The summed E-state index contributed by atoms with van der Waals surface area (Å²) in [4.78, 5) is 11.2. The van der Waals surface area contributed by atoms with Gasteiger partial charge in [0.2, 0.25) is 0 Å². The van der Waals surface area contributed by atoms with E-state index < -0.39 is 5.97 Å². The number of para-hydroxylation sites is 1. The van der Waals surface area contributed by atoms with E-state index in [1.54, 1.807) is 12.3 Å². The van der Waals surface area contributed by atoms with Crippen LogP contribution in [0.25, 0.3) is 0 Å². The number of carbonyl (C=O) groups is 1. The van der Waals surface area contributed by atoms with Gasteiger partial charge in [-0.1, -0.05) is 18.2 Å². The average molecular weight is 275 g/mol. The molecular weight excluding hydrogens is 258 g/mol.